The molecule has 2 saturated heterocycles. The molecule has 0 atom stereocenters. The van der Waals surface area contributed by atoms with Gasteiger partial charge in [0.15, 0.2) is 11.5 Å². The number of nitrogens with zero attached hydrogens (tertiary/aromatic N) is 6. The zero-order chi connectivity index (χ0) is 25.1. The number of fused-ring (bicyclic) bond motifs is 1. The van der Waals surface area contributed by atoms with Crippen LogP contribution in [0.3, 0.4) is 0 Å². The number of carbonyl (C=O) groups is 2. The lowest BCUT2D eigenvalue weighted by Crippen LogP contribution is -2.39. The maximum atomic E-state index is 11.9. The lowest BCUT2D eigenvalue weighted by atomic mass is 10.1. The van der Waals surface area contributed by atoms with Crippen LogP contribution in [0.5, 0.6) is 0 Å². The van der Waals surface area contributed by atoms with Crippen molar-refractivity contribution in [2.24, 2.45) is 0 Å². The van der Waals surface area contributed by atoms with Crippen LogP contribution >= 0.6 is 0 Å². The summed E-state index contributed by atoms with van der Waals surface area (Å²) in [6.45, 7) is 3.14. The van der Waals surface area contributed by atoms with Crippen LogP contribution < -0.4 is 10.2 Å². The summed E-state index contributed by atoms with van der Waals surface area (Å²) in [4.78, 5) is 37.5. The first kappa shape index (κ1) is 23.8. The van der Waals surface area contributed by atoms with Gasteiger partial charge in [-0.25, -0.2) is 24.2 Å². The van der Waals surface area contributed by atoms with E-state index < -0.39 is 6.09 Å². The van der Waals surface area contributed by atoms with E-state index in [4.69, 9.17) is 19.8 Å². The van der Waals surface area contributed by atoms with E-state index in [0.717, 1.165) is 61.2 Å². The van der Waals surface area contributed by atoms with Crippen molar-refractivity contribution >= 4 is 34.7 Å². The number of hydrogen-bond acceptors (Lipinski definition) is 8. The van der Waals surface area contributed by atoms with Crippen molar-refractivity contribution in [3.8, 4) is 11.4 Å². The number of carbonyl (C=O) groups excluding carboxylic acids is 2. The summed E-state index contributed by atoms with van der Waals surface area (Å²) in [5.41, 5.74) is 2.28. The molecule has 2 fully saturated rings. The van der Waals surface area contributed by atoms with Crippen LogP contribution in [0.1, 0.15) is 38.1 Å². The summed E-state index contributed by atoms with van der Waals surface area (Å²) in [5.74, 6) is 1.52. The molecule has 0 unspecified atom stereocenters. The molecule has 11 nitrogen and oxygen atoms in total. The van der Waals surface area contributed by atoms with E-state index in [2.05, 4.69) is 15.0 Å². The van der Waals surface area contributed by atoms with Gasteiger partial charge in [0, 0.05) is 37.4 Å². The van der Waals surface area contributed by atoms with Crippen molar-refractivity contribution in [3.05, 3.63) is 30.5 Å². The second-order valence-electron chi connectivity index (χ2n) is 9.13. The molecule has 5 rings (SSSR count). The van der Waals surface area contributed by atoms with Crippen LogP contribution in [0.2, 0.25) is 0 Å². The van der Waals surface area contributed by atoms with Crippen molar-refractivity contribution in [1.29, 1.82) is 0 Å². The van der Waals surface area contributed by atoms with Gasteiger partial charge in [-0.3, -0.25) is 5.32 Å². The summed E-state index contributed by atoms with van der Waals surface area (Å²) in [6.07, 6.45) is 6.11. The van der Waals surface area contributed by atoms with E-state index in [1.165, 1.54) is 20.6 Å². The Balaban J connectivity index is 1.50. The number of methoxy groups -OCH3 is 2. The third-order valence-corrected chi connectivity index (χ3v) is 6.91. The number of aromatic nitrogens is 4. The highest BCUT2D eigenvalue weighted by Gasteiger charge is 2.28. The Hall–Kier alpha value is -3.89. The molecule has 2 amide bonds. The number of amides is 2. The minimum Gasteiger partial charge on any atom is -0.453 e. The molecular formula is C25H31N7O4. The van der Waals surface area contributed by atoms with Gasteiger partial charge in [0.2, 0.25) is 0 Å². The number of ether oxygens (including phenoxy) is 2. The molecule has 0 bridgehead atoms. The smallest absolute Gasteiger partial charge is 0.411 e. The van der Waals surface area contributed by atoms with Gasteiger partial charge < -0.3 is 19.3 Å². The molecule has 190 valence electrons. The molecular weight excluding hydrogens is 462 g/mol. The Bertz CT molecular complexity index is 1230. The number of likely N-dealkylation sites (tertiary alicyclic amines) is 1. The second-order valence-corrected chi connectivity index (χ2v) is 9.13. The van der Waals surface area contributed by atoms with E-state index in [1.54, 1.807) is 17.0 Å². The van der Waals surface area contributed by atoms with E-state index in [-0.39, 0.29) is 12.1 Å². The van der Waals surface area contributed by atoms with Gasteiger partial charge in [0.05, 0.1) is 31.8 Å². The molecule has 2 aliphatic heterocycles. The third kappa shape index (κ3) is 4.77. The minimum atomic E-state index is -0.519. The lowest BCUT2D eigenvalue weighted by molar-refractivity contribution is 0.106. The fraction of sp³-hybridized carbons (Fsp3) is 0.480. The maximum absolute atomic E-state index is 11.9. The predicted octanol–water partition coefficient (Wildman–Crippen LogP) is 4.07. The van der Waals surface area contributed by atoms with Gasteiger partial charge in [-0.05, 0) is 56.4 Å². The van der Waals surface area contributed by atoms with Crippen LogP contribution in [0, 0.1) is 0 Å². The molecule has 0 spiro atoms. The van der Waals surface area contributed by atoms with Crippen molar-refractivity contribution in [1.82, 2.24) is 24.6 Å². The molecule has 11 heteroatoms. The van der Waals surface area contributed by atoms with Gasteiger partial charge in [-0.15, -0.1) is 0 Å². The molecule has 1 aromatic carbocycles. The maximum Gasteiger partial charge on any atom is 0.411 e. The number of nitrogens with one attached hydrogen (secondary N) is 1. The number of rotatable bonds is 4. The highest BCUT2D eigenvalue weighted by molar-refractivity contribution is 5.89. The monoisotopic (exact) mass is 493 g/mol. The molecule has 36 heavy (non-hydrogen) atoms. The average Bonchev–Trinajstić information content (AvgIpc) is 3.37. The normalized spacial score (nSPS) is 16.7. The fourth-order valence-electron chi connectivity index (χ4n) is 4.95. The van der Waals surface area contributed by atoms with Crippen LogP contribution in [0.4, 0.5) is 21.1 Å². The van der Waals surface area contributed by atoms with E-state index >= 15 is 0 Å². The minimum absolute atomic E-state index is 0.131. The summed E-state index contributed by atoms with van der Waals surface area (Å²) in [6, 6.07) is 7.52. The van der Waals surface area contributed by atoms with Crippen LogP contribution in [0.25, 0.3) is 22.4 Å². The first-order valence-electron chi connectivity index (χ1n) is 12.4. The van der Waals surface area contributed by atoms with Crippen molar-refractivity contribution in [2.45, 2.75) is 38.1 Å². The van der Waals surface area contributed by atoms with E-state index in [9.17, 15) is 9.59 Å². The number of anilines is 2. The number of piperidine rings is 2. The van der Waals surface area contributed by atoms with Crippen molar-refractivity contribution in [2.75, 3.05) is 50.6 Å². The third-order valence-electron chi connectivity index (χ3n) is 6.91. The van der Waals surface area contributed by atoms with Gasteiger partial charge in [0.25, 0.3) is 0 Å². The quantitative estimate of drug-likeness (QED) is 0.579. The summed E-state index contributed by atoms with van der Waals surface area (Å²) >= 11 is 0. The highest BCUT2D eigenvalue weighted by Crippen LogP contribution is 2.33. The zero-order valence-corrected chi connectivity index (χ0v) is 20.6. The molecule has 2 aliphatic rings. The Morgan fingerprint density at radius 2 is 1.67 bits per heavy atom. The van der Waals surface area contributed by atoms with E-state index in [1.807, 2.05) is 23.0 Å². The molecule has 0 saturated carbocycles. The molecule has 4 heterocycles. The summed E-state index contributed by atoms with van der Waals surface area (Å²) < 4.78 is 11.5. The topological polar surface area (TPSA) is 115 Å². The summed E-state index contributed by atoms with van der Waals surface area (Å²) in [7, 11) is 2.74. The van der Waals surface area contributed by atoms with Crippen LogP contribution in [0.15, 0.2) is 30.5 Å². The highest BCUT2D eigenvalue weighted by atomic mass is 16.5. The largest absolute Gasteiger partial charge is 0.453 e. The van der Waals surface area contributed by atoms with E-state index in [0.29, 0.717) is 24.6 Å². The Morgan fingerprint density at radius 3 is 2.33 bits per heavy atom. The van der Waals surface area contributed by atoms with Gasteiger partial charge in [-0.1, -0.05) is 0 Å². The predicted molar refractivity (Wildman–Crippen MR) is 135 cm³/mol. The van der Waals surface area contributed by atoms with Crippen molar-refractivity contribution < 1.29 is 19.1 Å². The van der Waals surface area contributed by atoms with Gasteiger partial charge >= 0.3 is 12.2 Å². The summed E-state index contributed by atoms with van der Waals surface area (Å²) in [5, 5.41) is 8.36. The molecule has 0 aliphatic carbocycles. The molecule has 1 N–H and O–H groups in total. The Labute approximate surface area is 209 Å². The van der Waals surface area contributed by atoms with Gasteiger partial charge in [-0.2, -0.15) is 5.10 Å². The van der Waals surface area contributed by atoms with Crippen LogP contribution in [-0.4, -0.2) is 77.2 Å². The van der Waals surface area contributed by atoms with Crippen molar-refractivity contribution in [3.63, 3.8) is 0 Å². The van der Waals surface area contributed by atoms with Crippen LogP contribution in [-0.2, 0) is 9.47 Å². The molecule has 2 aromatic heterocycles. The fourth-order valence-corrected chi connectivity index (χ4v) is 4.95. The first-order valence-corrected chi connectivity index (χ1v) is 12.4. The number of hydrogen-bond donors (Lipinski definition) is 1. The molecule has 3 aromatic rings. The zero-order valence-electron chi connectivity index (χ0n) is 20.6. The van der Waals surface area contributed by atoms with Gasteiger partial charge in [0.1, 0.15) is 5.82 Å². The molecule has 0 radical (unpaired) electrons. The number of benzene rings is 1. The Morgan fingerprint density at radius 1 is 0.944 bits per heavy atom. The Kier molecular flexibility index (Phi) is 6.88. The lowest BCUT2D eigenvalue weighted by Gasteiger charge is -2.31. The average molecular weight is 494 g/mol. The standard InChI is InChI=1S/C25H31N7O4/c1-35-24(33)27-18-8-6-17(7-9-18)21-28-22(30-12-4-3-5-13-30)20-16-26-32(23(20)29-21)19-10-14-31(15-11-19)25(34)36-2/h6-9,16,19H,3-5,10-15H2,1-2H3,(H,27,33). The second kappa shape index (κ2) is 10.4. The first-order chi connectivity index (χ1) is 17.6. The SMILES string of the molecule is COC(=O)Nc1ccc(-c2nc(N3CCCCC3)c3cnn(C4CCN(C(=O)OC)CC4)c3n2)cc1.